The first-order valence-electron chi connectivity index (χ1n) is 14.8. The summed E-state index contributed by atoms with van der Waals surface area (Å²) in [4.78, 5) is 45.1. The van der Waals surface area contributed by atoms with Crippen LogP contribution in [0.5, 0.6) is 5.88 Å². The Labute approximate surface area is 251 Å². The fraction of sp³-hybridized carbons (Fsp3) is 0.424. The Bertz CT molecular complexity index is 1640. The van der Waals surface area contributed by atoms with Gasteiger partial charge in [-0.3, -0.25) is 14.4 Å². The number of aromatic nitrogens is 3. The van der Waals surface area contributed by atoms with Crippen molar-refractivity contribution in [2.45, 2.75) is 86.5 Å². The number of rotatable bonds is 14. The number of hydrogen-bond donors (Lipinski definition) is 7. The summed E-state index contributed by atoms with van der Waals surface area (Å²) in [7, 11) is 0. The zero-order valence-corrected chi connectivity index (χ0v) is 25.9. The fourth-order valence-electron chi connectivity index (χ4n) is 5.44. The number of carbonyl (C=O) groups excluding carboxylic acids is 1. The molecule has 0 saturated carbocycles. The number of H-pyrrole nitrogens is 3. The summed E-state index contributed by atoms with van der Waals surface area (Å²) in [6, 6.07) is 0. The van der Waals surface area contributed by atoms with E-state index in [0.29, 0.717) is 30.3 Å². The van der Waals surface area contributed by atoms with Gasteiger partial charge in [0.25, 0.3) is 0 Å². The summed E-state index contributed by atoms with van der Waals surface area (Å²) in [5, 5.41) is 33.4. The predicted octanol–water partition coefficient (Wildman–Crippen LogP) is 4.08. The predicted molar refractivity (Wildman–Crippen MR) is 167 cm³/mol. The van der Waals surface area contributed by atoms with E-state index in [1.54, 1.807) is 12.3 Å². The monoisotopic (exact) mass is 592 g/mol. The van der Waals surface area contributed by atoms with Gasteiger partial charge >= 0.3 is 11.9 Å². The Balaban J connectivity index is 2.15. The molecule has 0 aliphatic carbocycles. The van der Waals surface area contributed by atoms with Crippen molar-refractivity contribution in [2.24, 2.45) is 5.92 Å². The van der Waals surface area contributed by atoms with Crippen molar-refractivity contribution in [1.82, 2.24) is 20.3 Å². The average Bonchev–Trinajstić information content (AvgIpc) is 3.50. The van der Waals surface area contributed by atoms with Crippen LogP contribution in [0.2, 0.25) is 0 Å². The molecule has 0 aromatic carbocycles. The highest BCUT2D eigenvalue weighted by atomic mass is 16.4. The maximum atomic E-state index is 12.4. The zero-order chi connectivity index (χ0) is 31.8. The minimum atomic E-state index is -0.911. The van der Waals surface area contributed by atoms with Gasteiger partial charge in [0, 0.05) is 58.3 Å². The van der Waals surface area contributed by atoms with Gasteiger partial charge in [0.2, 0.25) is 5.91 Å². The number of aromatic amines is 3. The van der Waals surface area contributed by atoms with Crippen LogP contribution in [0.4, 0.5) is 0 Å². The number of aromatic hydroxyl groups is 1. The maximum absolute atomic E-state index is 12.4. The Morgan fingerprint density at radius 2 is 1.40 bits per heavy atom. The second-order valence-corrected chi connectivity index (χ2v) is 11.1. The van der Waals surface area contributed by atoms with Gasteiger partial charge in [-0.2, -0.15) is 0 Å². The van der Waals surface area contributed by atoms with E-state index < -0.39 is 11.9 Å². The Hall–Kier alpha value is -4.47. The van der Waals surface area contributed by atoms with Gasteiger partial charge in [-0.15, -0.1) is 0 Å². The third kappa shape index (κ3) is 8.09. The molecule has 0 fully saturated rings. The van der Waals surface area contributed by atoms with E-state index in [-0.39, 0.29) is 30.5 Å². The average molecular weight is 593 g/mol. The molecule has 7 N–H and O–H groups in total. The molecule has 0 aliphatic heterocycles. The first kappa shape index (κ1) is 33.0. The quantitative estimate of drug-likeness (QED) is 0.149. The molecule has 10 heteroatoms. The summed E-state index contributed by atoms with van der Waals surface area (Å²) in [6.07, 6.45) is 10.0. The number of carbonyl (C=O) groups is 3. The number of nitrogens with one attached hydrogen (secondary N) is 4. The molecule has 0 bridgehead atoms. The van der Waals surface area contributed by atoms with Crippen molar-refractivity contribution < 1.29 is 29.7 Å². The van der Waals surface area contributed by atoms with Crippen LogP contribution in [0, 0.1) is 26.7 Å². The zero-order valence-electron chi connectivity index (χ0n) is 25.9. The molecule has 0 spiro atoms. The van der Waals surface area contributed by atoms with Crippen LogP contribution in [0.15, 0.2) is 6.20 Å². The minimum absolute atomic E-state index is 0.0545. The number of carboxylic acids is 2. The SMILES string of the molecule is CCC[C@@H](C)C(=O)N/C=C\c1[nH]c(/C=c2\[nH]/c(=C/c3[nH]c(O)c(CC)c3C)c(C)c2CCC(=O)O)c(CCC(=O)O)c1C. The van der Waals surface area contributed by atoms with Crippen molar-refractivity contribution in [3.05, 3.63) is 67.4 Å². The van der Waals surface area contributed by atoms with Crippen LogP contribution < -0.4 is 16.0 Å². The topological polar surface area (TPSA) is 171 Å². The standard InChI is InChI=1S/C33H44N4O6/c1-7-9-18(3)32(42)34-15-14-25-20(5)23(10-12-30(38)39)28(35-25)17-29-24(11-13-31(40)41)21(6)26(36-29)16-27-19(4)22(8-2)33(43)37-27/h14-18,35-37,43H,7-13H2,1-6H3,(H,34,42)(H,38,39)(H,40,41)/b15-14-,26-16+,29-17-/t18-/m1/s1. The molecule has 43 heavy (non-hydrogen) atoms. The van der Waals surface area contributed by atoms with Gasteiger partial charge in [-0.05, 0) is 92.5 Å². The number of hydrogen-bond acceptors (Lipinski definition) is 4. The lowest BCUT2D eigenvalue weighted by molar-refractivity contribution is -0.138. The second-order valence-electron chi connectivity index (χ2n) is 11.1. The van der Waals surface area contributed by atoms with Crippen LogP contribution >= 0.6 is 0 Å². The molecule has 0 aliphatic rings. The van der Waals surface area contributed by atoms with Crippen LogP contribution in [-0.4, -0.2) is 48.1 Å². The molecule has 0 saturated heterocycles. The van der Waals surface area contributed by atoms with Gasteiger partial charge in [0.15, 0.2) is 5.88 Å². The molecule has 3 rings (SSSR count). The maximum Gasteiger partial charge on any atom is 0.303 e. The summed E-state index contributed by atoms with van der Waals surface area (Å²) >= 11 is 0. The van der Waals surface area contributed by atoms with Crippen molar-refractivity contribution in [2.75, 3.05) is 0 Å². The highest BCUT2D eigenvalue weighted by Crippen LogP contribution is 2.25. The number of aliphatic carboxylic acids is 2. The van der Waals surface area contributed by atoms with E-state index in [2.05, 4.69) is 20.3 Å². The molecule has 1 amide bonds. The lowest BCUT2D eigenvalue weighted by Gasteiger charge is -2.07. The molecular formula is C33H44N4O6. The molecule has 3 heterocycles. The summed E-state index contributed by atoms with van der Waals surface area (Å²) in [6.45, 7) is 11.7. The molecule has 3 aromatic heterocycles. The highest BCUT2D eigenvalue weighted by molar-refractivity contribution is 5.80. The van der Waals surface area contributed by atoms with Gasteiger partial charge in [0.05, 0.1) is 0 Å². The smallest absolute Gasteiger partial charge is 0.303 e. The Kier molecular flexibility index (Phi) is 11.2. The van der Waals surface area contributed by atoms with E-state index in [1.807, 2.05) is 53.7 Å². The summed E-state index contributed by atoms with van der Waals surface area (Å²) in [5.41, 5.74) is 7.40. The number of carboxylic acid groups (broad SMARTS) is 2. The normalized spacial score (nSPS) is 13.3. The van der Waals surface area contributed by atoms with Crippen LogP contribution in [0.3, 0.4) is 0 Å². The number of amides is 1. The highest BCUT2D eigenvalue weighted by Gasteiger charge is 2.16. The van der Waals surface area contributed by atoms with E-state index in [9.17, 15) is 29.7 Å². The summed E-state index contributed by atoms with van der Waals surface area (Å²) < 4.78 is 0. The fourth-order valence-corrected chi connectivity index (χ4v) is 5.44. The van der Waals surface area contributed by atoms with Gasteiger partial charge < -0.3 is 35.6 Å². The molecule has 1 atom stereocenters. The summed E-state index contributed by atoms with van der Waals surface area (Å²) in [5.74, 6) is -1.85. The van der Waals surface area contributed by atoms with Crippen LogP contribution in [-0.2, 0) is 33.6 Å². The molecule has 0 unspecified atom stereocenters. The van der Waals surface area contributed by atoms with Gasteiger partial charge in [-0.25, -0.2) is 0 Å². The van der Waals surface area contributed by atoms with Crippen molar-refractivity contribution >= 4 is 36.1 Å². The molecule has 3 aromatic rings. The third-order valence-electron chi connectivity index (χ3n) is 8.05. The Morgan fingerprint density at radius 3 is 1.98 bits per heavy atom. The lowest BCUT2D eigenvalue weighted by Crippen LogP contribution is -2.24. The second kappa shape index (κ2) is 14.6. The van der Waals surface area contributed by atoms with E-state index in [1.165, 1.54) is 0 Å². The van der Waals surface area contributed by atoms with E-state index in [0.717, 1.165) is 63.0 Å². The van der Waals surface area contributed by atoms with Crippen LogP contribution in [0.25, 0.3) is 18.2 Å². The van der Waals surface area contributed by atoms with E-state index in [4.69, 9.17) is 0 Å². The van der Waals surface area contributed by atoms with E-state index >= 15 is 0 Å². The first-order chi connectivity index (χ1) is 20.4. The lowest BCUT2D eigenvalue weighted by atomic mass is 10.0. The Morgan fingerprint density at radius 1 is 0.791 bits per heavy atom. The molecule has 232 valence electrons. The van der Waals surface area contributed by atoms with Crippen LogP contribution in [0.1, 0.15) is 96.9 Å². The molecule has 0 radical (unpaired) electrons. The van der Waals surface area contributed by atoms with Crippen molar-refractivity contribution in [3.63, 3.8) is 0 Å². The van der Waals surface area contributed by atoms with Gasteiger partial charge in [-0.1, -0.05) is 27.2 Å². The first-order valence-corrected chi connectivity index (χ1v) is 14.8. The molecule has 10 nitrogen and oxygen atoms in total. The molecular weight excluding hydrogens is 548 g/mol. The third-order valence-corrected chi connectivity index (χ3v) is 8.05. The van der Waals surface area contributed by atoms with Gasteiger partial charge in [0.1, 0.15) is 0 Å². The minimum Gasteiger partial charge on any atom is -0.494 e. The van der Waals surface area contributed by atoms with Crippen molar-refractivity contribution in [3.8, 4) is 5.88 Å². The van der Waals surface area contributed by atoms with Crippen molar-refractivity contribution in [1.29, 1.82) is 0 Å². The largest absolute Gasteiger partial charge is 0.494 e.